The summed E-state index contributed by atoms with van der Waals surface area (Å²) < 4.78 is 0. The molecule has 11 unspecified atom stereocenters. The zero-order chi connectivity index (χ0) is 76.8. The molecule has 3 rings (SSSR count). The molecule has 1 aliphatic rings. The maximum atomic E-state index is 15.3. The predicted molar refractivity (Wildman–Crippen MR) is 422 cm³/mol. The van der Waals surface area contributed by atoms with E-state index in [0.29, 0.717) is 63.0 Å². The highest BCUT2D eigenvalue weighted by Crippen LogP contribution is 2.38. The Hall–Kier alpha value is -7.34. The molecule has 0 saturated heterocycles. The summed E-state index contributed by atoms with van der Waals surface area (Å²) in [6, 6.07) is 7.48. The lowest BCUT2D eigenvalue weighted by Crippen LogP contribution is -2.60. The number of primary amides is 1. The Morgan fingerprint density at radius 1 is 0.519 bits per heavy atom. The number of hydrogen-bond acceptors (Lipinski definition) is 13. The van der Waals surface area contributed by atoms with E-state index < -0.39 is 95.6 Å². The van der Waals surface area contributed by atoms with Crippen molar-refractivity contribution in [3.63, 3.8) is 0 Å². The summed E-state index contributed by atoms with van der Waals surface area (Å²) in [4.78, 5) is 135. The van der Waals surface area contributed by atoms with Crippen LogP contribution in [0.3, 0.4) is 0 Å². The van der Waals surface area contributed by atoms with Gasteiger partial charge < -0.3 is 65.5 Å². The smallest absolute Gasteiger partial charge is 0.243 e. The van der Waals surface area contributed by atoms with Crippen LogP contribution in [0.15, 0.2) is 65.7 Å². The molecule has 1 aliphatic carbocycles. The van der Waals surface area contributed by atoms with Crippen molar-refractivity contribution in [3.05, 3.63) is 77.4 Å². The van der Waals surface area contributed by atoms with Gasteiger partial charge in [0.05, 0.1) is 11.7 Å². The van der Waals surface area contributed by atoms with Crippen molar-refractivity contribution in [1.29, 1.82) is 5.41 Å². The average Bonchev–Trinajstić information content (AvgIpc) is 0.798. The number of amidine groups is 2. The molecular formula is C80H134N14O9S. The van der Waals surface area contributed by atoms with Crippen LogP contribution >= 0.6 is 11.8 Å². The SMILES string of the molecule is CCCCCCCCCCCCCCCC(=O)NC(CCCCC(=N)N)C(=O)NC(CC(C)C)C(=O)NC(CCCN=C(N)C(C)CC)C(=O)NC(CCCCN)C(=O)NC(CC1=CCC(CC)c2ccccc21)C(=O)NC(CCSC)C(=O)NC(Cc1ccccc1)C(=O)NC(C(N)=O)C(C)CC. The van der Waals surface area contributed by atoms with Crippen molar-refractivity contribution < 1.29 is 43.2 Å². The molecular weight excluding hydrogens is 1330 g/mol. The van der Waals surface area contributed by atoms with E-state index in [-0.39, 0.29) is 106 Å². The molecule has 9 amide bonds. The van der Waals surface area contributed by atoms with Gasteiger partial charge in [-0.25, -0.2) is 0 Å². The Morgan fingerprint density at radius 3 is 1.52 bits per heavy atom. The fraction of sp³-hybridized carbons (Fsp3) is 0.688. The first-order chi connectivity index (χ1) is 49.9. The normalized spacial score (nSPS) is 15.7. The molecule has 11 atom stereocenters. The van der Waals surface area contributed by atoms with Crippen LogP contribution in [0.2, 0.25) is 0 Å². The Balaban J connectivity index is 2.04. The van der Waals surface area contributed by atoms with Crippen LogP contribution in [0, 0.1) is 23.2 Å². The molecule has 23 nitrogen and oxygen atoms in total. The number of aliphatic imine (C=N–C) groups is 1. The maximum Gasteiger partial charge on any atom is 0.243 e. The molecule has 104 heavy (non-hydrogen) atoms. The lowest BCUT2D eigenvalue weighted by atomic mass is 9.80. The fourth-order valence-electron chi connectivity index (χ4n) is 13.0. The van der Waals surface area contributed by atoms with Crippen LogP contribution in [0.5, 0.6) is 0 Å². The lowest BCUT2D eigenvalue weighted by Gasteiger charge is -2.30. The summed E-state index contributed by atoms with van der Waals surface area (Å²) in [6.45, 7) is 16.3. The number of carbonyl (C=O) groups excluding carboxylic acids is 9. The second-order valence-electron chi connectivity index (χ2n) is 29.0. The lowest BCUT2D eigenvalue weighted by molar-refractivity contribution is -0.136. The number of rotatable bonds is 57. The first-order valence-electron chi connectivity index (χ1n) is 39.3. The van der Waals surface area contributed by atoms with Crippen LogP contribution in [0.1, 0.15) is 271 Å². The van der Waals surface area contributed by atoms with E-state index in [2.05, 4.69) is 73.5 Å². The van der Waals surface area contributed by atoms with Crippen molar-refractivity contribution in [1.82, 2.24) is 42.5 Å². The number of nitrogens with two attached hydrogens (primary N) is 4. The number of nitrogens with zero attached hydrogens (tertiary/aromatic N) is 1. The van der Waals surface area contributed by atoms with Crippen molar-refractivity contribution >= 4 is 82.2 Å². The molecule has 2 aromatic rings. The molecule has 0 saturated carbocycles. The number of benzene rings is 2. The van der Waals surface area contributed by atoms with E-state index in [9.17, 15) is 28.8 Å². The molecule has 584 valence electrons. The maximum absolute atomic E-state index is 15.3. The number of hydrogen-bond donors (Lipinski definition) is 13. The van der Waals surface area contributed by atoms with E-state index in [1.807, 2.05) is 77.3 Å². The van der Waals surface area contributed by atoms with Gasteiger partial charge in [0, 0.05) is 38.1 Å². The summed E-state index contributed by atoms with van der Waals surface area (Å²) >= 11 is 1.45. The number of unbranched alkanes of at least 4 members (excludes halogenated alkanes) is 14. The van der Waals surface area contributed by atoms with E-state index in [1.165, 1.54) is 69.5 Å². The van der Waals surface area contributed by atoms with Crippen molar-refractivity contribution in [3.8, 4) is 0 Å². The summed E-state index contributed by atoms with van der Waals surface area (Å²) in [5.41, 5.74) is 27.4. The van der Waals surface area contributed by atoms with Gasteiger partial charge in [0.2, 0.25) is 53.2 Å². The highest BCUT2D eigenvalue weighted by Gasteiger charge is 2.37. The Morgan fingerprint density at radius 2 is 0.990 bits per heavy atom. The van der Waals surface area contributed by atoms with E-state index in [1.54, 1.807) is 19.1 Å². The van der Waals surface area contributed by atoms with Crippen LogP contribution in [-0.4, -0.2) is 138 Å². The van der Waals surface area contributed by atoms with Crippen LogP contribution in [0.4, 0.5) is 0 Å². The summed E-state index contributed by atoms with van der Waals surface area (Å²) in [5.74, 6) is -5.04. The van der Waals surface area contributed by atoms with Gasteiger partial charge in [-0.15, -0.1) is 0 Å². The molecule has 0 spiro atoms. The topological polar surface area (TPSA) is 390 Å². The van der Waals surface area contributed by atoms with Gasteiger partial charge >= 0.3 is 0 Å². The highest BCUT2D eigenvalue weighted by atomic mass is 32.2. The average molecular weight is 1470 g/mol. The Kier molecular flexibility index (Phi) is 46.0. The number of thioether (sulfide) groups is 1. The number of fused-ring (bicyclic) bond motifs is 1. The minimum atomic E-state index is -1.33. The van der Waals surface area contributed by atoms with Gasteiger partial charge in [0.15, 0.2) is 0 Å². The molecule has 0 heterocycles. The molecule has 2 aromatic carbocycles. The largest absolute Gasteiger partial charge is 0.388 e. The molecule has 0 fully saturated rings. The molecule has 0 radical (unpaired) electrons. The minimum Gasteiger partial charge on any atom is -0.388 e. The van der Waals surface area contributed by atoms with Gasteiger partial charge in [0.25, 0.3) is 0 Å². The van der Waals surface area contributed by atoms with Crippen LogP contribution in [-0.2, 0) is 49.6 Å². The second kappa shape index (κ2) is 52.6. The number of carbonyl (C=O) groups is 9. The van der Waals surface area contributed by atoms with Gasteiger partial charge in [-0.05, 0) is 142 Å². The first-order valence-corrected chi connectivity index (χ1v) is 40.7. The van der Waals surface area contributed by atoms with Gasteiger partial charge in [-0.1, -0.05) is 206 Å². The molecule has 24 heteroatoms. The number of nitrogens with one attached hydrogen (secondary N) is 9. The monoisotopic (exact) mass is 1470 g/mol. The molecule has 17 N–H and O–H groups in total. The third-order valence-electron chi connectivity index (χ3n) is 19.9. The molecule has 0 aliphatic heterocycles. The minimum absolute atomic E-state index is 0.000538. The number of allylic oxidation sites excluding steroid dienone is 1. The van der Waals surface area contributed by atoms with Gasteiger partial charge in [0.1, 0.15) is 48.3 Å². The predicted octanol–water partition coefficient (Wildman–Crippen LogP) is 10.1. The van der Waals surface area contributed by atoms with E-state index in [0.717, 1.165) is 54.4 Å². The molecule has 0 bridgehead atoms. The fourth-order valence-corrected chi connectivity index (χ4v) is 13.4. The first kappa shape index (κ1) is 90.9. The summed E-state index contributed by atoms with van der Waals surface area (Å²) in [6.07, 6.45) is 25.2. The van der Waals surface area contributed by atoms with E-state index >= 15 is 14.4 Å². The zero-order valence-electron chi connectivity index (χ0n) is 64.6. The molecule has 0 aromatic heterocycles. The third kappa shape index (κ3) is 35.6. The number of amides is 9. The van der Waals surface area contributed by atoms with Crippen molar-refractivity contribution in [2.24, 2.45) is 45.7 Å². The van der Waals surface area contributed by atoms with Gasteiger partial charge in [-0.3, -0.25) is 53.6 Å². The second-order valence-corrected chi connectivity index (χ2v) is 30.0. The van der Waals surface area contributed by atoms with Gasteiger partial charge in [-0.2, -0.15) is 11.8 Å². The van der Waals surface area contributed by atoms with Crippen LogP contribution in [0.25, 0.3) is 5.57 Å². The standard InChI is InChI=1S/C80H134N14O9S/c1-10-14-15-16-17-18-19-20-21-22-23-24-28-44-70(95)87-62(40-31-32-43-69(82)83)74(97)91-66(51-54(5)6)78(101)89-64(42-35-49-86-72(84)56(8)12-3)75(98)88-63(41-33-34-48-81)76(99)93-68(53-59-46-45-58(13-4)60-38-29-30-39-61(59)60)79(102)90-65(47-50-104-9)77(100)92-67(52-57-36-26-25-27-37-57)80(103)94-71(73(85)96)55(7)11-2/h25-27,29-30,36-39,46,54-56,58,62-68,71H,10-24,28,31-35,40-45,47-53,81H2,1-9H3,(H3,82,83)(H2,84,86)(H2,85,96)(H,87,95)(H,88,98)(H,89,101)(H,90,102)(H,91,97)(H,92,100)(H,93,99)(H,94,103). The van der Waals surface area contributed by atoms with Crippen molar-refractivity contribution in [2.45, 2.75) is 309 Å². The van der Waals surface area contributed by atoms with Crippen molar-refractivity contribution in [2.75, 3.05) is 25.1 Å². The third-order valence-corrected chi connectivity index (χ3v) is 20.5. The van der Waals surface area contributed by atoms with Crippen LogP contribution < -0.4 is 65.5 Å². The summed E-state index contributed by atoms with van der Waals surface area (Å²) in [7, 11) is 0. The summed E-state index contributed by atoms with van der Waals surface area (Å²) in [5, 5.41) is 31.1. The highest BCUT2D eigenvalue weighted by molar-refractivity contribution is 7.98. The Bertz CT molecular complexity index is 2990. The quantitative estimate of drug-likeness (QED) is 0.0167. The van der Waals surface area contributed by atoms with E-state index in [4.69, 9.17) is 28.3 Å². The Labute approximate surface area is 627 Å². The zero-order valence-corrected chi connectivity index (χ0v) is 65.4.